The second kappa shape index (κ2) is 11.5. The summed E-state index contributed by atoms with van der Waals surface area (Å²) < 4.78 is 5.44. The van der Waals surface area contributed by atoms with Crippen LogP contribution >= 0.6 is 0 Å². The molecule has 0 spiro atoms. The Labute approximate surface area is 157 Å². The number of aliphatic imine (C=N–C) groups is 1. The van der Waals surface area contributed by atoms with E-state index in [1.54, 1.807) is 0 Å². The Kier molecular flexibility index (Phi) is 8.94. The van der Waals surface area contributed by atoms with Gasteiger partial charge in [-0.3, -0.25) is 4.99 Å². The van der Waals surface area contributed by atoms with Crippen LogP contribution in [0.3, 0.4) is 0 Å². The van der Waals surface area contributed by atoms with Gasteiger partial charge in [-0.05, 0) is 25.0 Å². The molecule has 0 bridgehead atoms. The summed E-state index contributed by atoms with van der Waals surface area (Å²) in [6, 6.07) is 9.62. The maximum absolute atomic E-state index is 10.1. The first kappa shape index (κ1) is 20.2. The molecule has 4 nitrogen and oxygen atoms in total. The van der Waals surface area contributed by atoms with Crippen molar-refractivity contribution in [1.29, 1.82) is 0 Å². The van der Waals surface area contributed by atoms with Crippen LogP contribution in [0.25, 0.3) is 11.5 Å². The summed E-state index contributed by atoms with van der Waals surface area (Å²) in [5.41, 5.74) is 2.15. The van der Waals surface area contributed by atoms with Gasteiger partial charge in [0.15, 0.2) is 5.69 Å². The van der Waals surface area contributed by atoms with E-state index < -0.39 is 0 Å². The van der Waals surface area contributed by atoms with E-state index in [9.17, 15) is 5.11 Å². The predicted octanol–water partition coefficient (Wildman–Crippen LogP) is 6.39. The average Bonchev–Trinajstić information content (AvgIpc) is 3.06. The molecular formula is C22H32N2O2. The van der Waals surface area contributed by atoms with Crippen LogP contribution in [0.5, 0.6) is 5.95 Å². The van der Waals surface area contributed by atoms with Crippen molar-refractivity contribution in [3.8, 4) is 17.4 Å². The van der Waals surface area contributed by atoms with E-state index >= 15 is 0 Å². The molecule has 0 radical (unpaired) electrons. The highest BCUT2D eigenvalue weighted by atomic mass is 16.5. The summed E-state index contributed by atoms with van der Waals surface area (Å²) in [5.74, 6) is 0.298. The molecule has 1 N–H and O–H groups in total. The minimum Gasteiger partial charge on any atom is -0.479 e. The quantitative estimate of drug-likeness (QED) is 0.354. The monoisotopic (exact) mass is 356 g/mol. The van der Waals surface area contributed by atoms with Crippen LogP contribution < -0.4 is 0 Å². The number of rotatable bonds is 12. The van der Waals surface area contributed by atoms with Gasteiger partial charge in [0.05, 0.1) is 5.71 Å². The Hall–Kier alpha value is -2.10. The van der Waals surface area contributed by atoms with Gasteiger partial charge in [-0.1, -0.05) is 77.0 Å². The zero-order valence-corrected chi connectivity index (χ0v) is 16.2. The van der Waals surface area contributed by atoms with E-state index in [0.717, 1.165) is 30.7 Å². The van der Waals surface area contributed by atoms with Gasteiger partial charge in [0, 0.05) is 12.1 Å². The molecule has 2 aromatic rings. The number of aromatic hydroxyl groups is 1. The van der Waals surface area contributed by atoms with Crippen molar-refractivity contribution in [1.82, 2.24) is 4.98 Å². The van der Waals surface area contributed by atoms with Crippen molar-refractivity contribution in [3.05, 3.63) is 36.0 Å². The molecular weight excluding hydrogens is 324 g/mol. The minimum absolute atomic E-state index is 0.139. The molecule has 0 aliphatic heterocycles. The molecule has 0 fully saturated rings. The summed E-state index contributed by atoms with van der Waals surface area (Å²) >= 11 is 0. The maximum Gasteiger partial charge on any atom is 0.312 e. The molecule has 4 heteroatoms. The number of oxazole rings is 1. The zero-order valence-electron chi connectivity index (χ0n) is 16.2. The summed E-state index contributed by atoms with van der Waals surface area (Å²) in [6.07, 6.45) is 11.0. The van der Waals surface area contributed by atoms with Crippen LogP contribution in [0, 0.1) is 0 Å². The molecule has 0 saturated heterocycles. The Bertz CT molecular complexity index is 662. The highest BCUT2D eigenvalue weighted by Crippen LogP contribution is 2.27. The van der Waals surface area contributed by atoms with E-state index in [2.05, 4.69) is 16.9 Å². The predicted molar refractivity (Wildman–Crippen MR) is 108 cm³/mol. The number of hydrogen-bond acceptors (Lipinski definition) is 4. The largest absolute Gasteiger partial charge is 0.479 e. The average molecular weight is 357 g/mol. The normalized spacial score (nSPS) is 11.8. The van der Waals surface area contributed by atoms with Gasteiger partial charge >= 0.3 is 5.95 Å². The summed E-state index contributed by atoms with van der Waals surface area (Å²) in [5, 5.41) is 10.1. The third-order valence-electron chi connectivity index (χ3n) is 4.55. The van der Waals surface area contributed by atoms with Crippen molar-refractivity contribution in [3.63, 3.8) is 0 Å². The lowest BCUT2D eigenvalue weighted by Crippen LogP contribution is -2.02. The highest BCUT2D eigenvalue weighted by Gasteiger charge is 2.17. The lowest BCUT2D eigenvalue weighted by atomic mass is 10.1. The molecule has 1 aromatic heterocycles. The Morgan fingerprint density at radius 3 is 2.27 bits per heavy atom. The summed E-state index contributed by atoms with van der Waals surface area (Å²) in [6.45, 7) is 5.06. The van der Waals surface area contributed by atoms with Crippen LogP contribution in [-0.2, 0) is 0 Å². The van der Waals surface area contributed by atoms with Gasteiger partial charge in [-0.15, -0.1) is 0 Å². The molecule has 26 heavy (non-hydrogen) atoms. The number of aromatic nitrogens is 1. The molecule has 0 unspecified atom stereocenters. The van der Waals surface area contributed by atoms with Gasteiger partial charge in [0.1, 0.15) is 0 Å². The van der Waals surface area contributed by atoms with Crippen LogP contribution in [-0.4, -0.2) is 22.3 Å². The second-order valence-corrected chi connectivity index (χ2v) is 6.70. The van der Waals surface area contributed by atoms with Crippen molar-refractivity contribution >= 4 is 5.71 Å². The fourth-order valence-electron chi connectivity index (χ4n) is 3.02. The second-order valence-electron chi connectivity index (χ2n) is 6.70. The van der Waals surface area contributed by atoms with Crippen molar-refractivity contribution in [2.24, 2.45) is 4.99 Å². The molecule has 2 rings (SSSR count). The Balaban J connectivity index is 1.84. The summed E-state index contributed by atoms with van der Waals surface area (Å²) in [7, 11) is 0. The van der Waals surface area contributed by atoms with Crippen LogP contribution in [0.2, 0.25) is 0 Å². The third-order valence-corrected chi connectivity index (χ3v) is 4.55. The number of hydrogen-bond donors (Lipinski definition) is 1. The minimum atomic E-state index is -0.139. The molecule has 0 saturated carbocycles. The molecule has 0 amide bonds. The van der Waals surface area contributed by atoms with Gasteiger partial charge in [-0.2, -0.15) is 0 Å². The van der Waals surface area contributed by atoms with Gasteiger partial charge < -0.3 is 9.52 Å². The topological polar surface area (TPSA) is 58.6 Å². The van der Waals surface area contributed by atoms with Crippen LogP contribution in [0.1, 0.15) is 77.3 Å². The van der Waals surface area contributed by atoms with Gasteiger partial charge in [0.2, 0.25) is 5.89 Å². The van der Waals surface area contributed by atoms with Crippen molar-refractivity contribution in [2.45, 2.75) is 71.6 Å². The Morgan fingerprint density at radius 2 is 1.62 bits per heavy atom. The molecule has 142 valence electrons. The van der Waals surface area contributed by atoms with E-state index in [1.807, 2.05) is 37.3 Å². The Morgan fingerprint density at radius 1 is 0.962 bits per heavy atom. The number of unbranched alkanes of at least 4 members (excludes halogenated alkanes) is 7. The van der Waals surface area contributed by atoms with E-state index in [0.29, 0.717) is 11.6 Å². The molecule has 0 atom stereocenters. The highest BCUT2D eigenvalue weighted by molar-refractivity contribution is 6.00. The first-order valence-corrected chi connectivity index (χ1v) is 10.0. The SMILES string of the molecule is CCCCCCCCCCN=C(CC)c1nc(-c2ccccc2)oc1O. The van der Waals surface area contributed by atoms with Gasteiger partial charge in [-0.25, -0.2) is 4.98 Å². The first-order valence-electron chi connectivity index (χ1n) is 10.0. The molecule has 1 heterocycles. The number of benzene rings is 1. The summed E-state index contributed by atoms with van der Waals surface area (Å²) in [4.78, 5) is 9.12. The van der Waals surface area contributed by atoms with E-state index in [-0.39, 0.29) is 5.95 Å². The molecule has 1 aromatic carbocycles. The van der Waals surface area contributed by atoms with E-state index in [1.165, 1.54) is 44.9 Å². The lowest BCUT2D eigenvalue weighted by Gasteiger charge is -2.02. The maximum atomic E-state index is 10.1. The fraction of sp³-hybridized carbons (Fsp3) is 0.545. The first-order chi connectivity index (χ1) is 12.8. The fourth-order valence-corrected chi connectivity index (χ4v) is 3.02. The van der Waals surface area contributed by atoms with E-state index in [4.69, 9.17) is 4.42 Å². The van der Waals surface area contributed by atoms with Crippen LogP contribution in [0.4, 0.5) is 0 Å². The standard InChI is InChI=1S/C22H32N2O2/c1-3-5-6-7-8-9-10-14-17-23-19(4-2)20-22(25)26-21(24-20)18-15-12-11-13-16-18/h11-13,15-16,25H,3-10,14,17H2,1-2H3. The molecule has 0 aliphatic carbocycles. The van der Waals surface area contributed by atoms with Crippen molar-refractivity contribution in [2.75, 3.05) is 6.54 Å². The number of nitrogens with zero attached hydrogens (tertiary/aromatic N) is 2. The zero-order chi connectivity index (χ0) is 18.6. The van der Waals surface area contributed by atoms with Gasteiger partial charge in [0.25, 0.3) is 0 Å². The molecule has 0 aliphatic rings. The van der Waals surface area contributed by atoms with Crippen LogP contribution in [0.15, 0.2) is 39.7 Å². The third kappa shape index (κ3) is 6.32. The smallest absolute Gasteiger partial charge is 0.312 e. The lowest BCUT2D eigenvalue weighted by molar-refractivity contribution is 0.336. The van der Waals surface area contributed by atoms with Crippen molar-refractivity contribution < 1.29 is 9.52 Å².